The van der Waals surface area contributed by atoms with Crippen molar-refractivity contribution in [2.75, 3.05) is 6.54 Å². The molecule has 1 aromatic carbocycles. The van der Waals surface area contributed by atoms with E-state index in [-0.39, 0.29) is 35.8 Å². The number of hydrogen-bond donors (Lipinski definition) is 2. The lowest BCUT2D eigenvalue weighted by molar-refractivity contribution is -0.141. The Balaban J connectivity index is 2.28. The van der Waals surface area contributed by atoms with Crippen molar-refractivity contribution in [3.05, 3.63) is 53.2 Å². The number of nitrogens with one attached hydrogen (secondary N) is 1. The number of halogens is 3. The number of nitrogens with zero attached hydrogens (tertiary/aromatic N) is 1. The normalized spacial score (nSPS) is 10.8. The van der Waals surface area contributed by atoms with Crippen LogP contribution >= 0.6 is 0 Å². The van der Waals surface area contributed by atoms with Gasteiger partial charge in [0.1, 0.15) is 11.4 Å². The van der Waals surface area contributed by atoms with Gasteiger partial charge in [0.15, 0.2) is 0 Å². The summed E-state index contributed by atoms with van der Waals surface area (Å²) in [5.74, 6) is 1.73. The van der Waals surface area contributed by atoms with Crippen molar-refractivity contribution < 1.29 is 22.7 Å². The Kier molecular flexibility index (Phi) is 5.62. The highest BCUT2D eigenvalue weighted by Gasteiger charge is 2.33. The Hall–Kier alpha value is -3.05. The molecule has 0 bridgehead atoms. The maximum Gasteiger partial charge on any atom is 0.433 e. The van der Waals surface area contributed by atoms with E-state index in [4.69, 9.17) is 16.9 Å². The lowest BCUT2D eigenvalue weighted by atomic mass is 10.2. The number of benzene rings is 1. The number of ether oxygens (including phenoxy) is 1. The lowest BCUT2D eigenvalue weighted by Gasteiger charge is -2.12. The predicted molar refractivity (Wildman–Crippen MR) is 84.8 cm³/mol. The number of rotatable bonds is 5. The van der Waals surface area contributed by atoms with E-state index in [1.165, 1.54) is 30.3 Å². The van der Waals surface area contributed by atoms with Crippen molar-refractivity contribution in [2.24, 2.45) is 5.73 Å². The molecule has 0 radical (unpaired) electrons. The third kappa shape index (κ3) is 4.96. The molecular formula is C17H14F3N3O2. The predicted octanol–water partition coefficient (Wildman–Crippen LogP) is 2.71. The Bertz CT molecular complexity index is 814. The zero-order chi connectivity index (χ0) is 18.4. The van der Waals surface area contributed by atoms with Gasteiger partial charge in [0.25, 0.3) is 5.91 Å². The Morgan fingerprint density at radius 3 is 2.72 bits per heavy atom. The van der Waals surface area contributed by atoms with Crippen LogP contribution in [0.25, 0.3) is 0 Å². The molecule has 0 aliphatic heterocycles. The smallest absolute Gasteiger partial charge is 0.433 e. The van der Waals surface area contributed by atoms with Crippen molar-refractivity contribution >= 4 is 5.91 Å². The number of hydrogen-bond acceptors (Lipinski definition) is 4. The number of terminal acetylenes is 1. The van der Waals surface area contributed by atoms with Crippen LogP contribution in [-0.2, 0) is 12.7 Å². The number of pyridine rings is 1. The van der Waals surface area contributed by atoms with Gasteiger partial charge in [0, 0.05) is 18.2 Å². The van der Waals surface area contributed by atoms with Crippen molar-refractivity contribution in [1.29, 1.82) is 0 Å². The summed E-state index contributed by atoms with van der Waals surface area (Å²) in [6, 6.07) is 8.07. The molecule has 0 spiro atoms. The van der Waals surface area contributed by atoms with Gasteiger partial charge in [-0.3, -0.25) is 4.79 Å². The number of nitrogens with two attached hydrogens (primary N) is 1. The summed E-state index contributed by atoms with van der Waals surface area (Å²) < 4.78 is 44.0. The van der Waals surface area contributed by atoms with Gasteiger partial charge < -0.3 is 15.8 Å². The van der Waals surface area contributed by atoms with Crippen LogP contribution in [0.15, 0.2) is 36.4 Å². The van der Waals surface area contributed by atoms with Crippen molar-refractivity contribution in [1.82, 2.24) is 10.3 Å². The average Bonchev–Trinajstić information content (AvgIpc) is 2.58. The zero-order valence-electron chi connectivity index (χ0n) is 12.9. The van der Waals surface area contributed by atoms with Gasteiger partial charge in [-0.2, -0.15) is 13.2 Å². The SMILES string of the molecule is C#CCNC(=O)c1cccc(Oc2cc(CN)cc(C(F)(F)F)n2)c1. The van der Waals surface area contributed by atoms with Crippen molar-refractivity contribution in [2.45, 2.75) is 12.7 Å². The first-order chi connectivity index (χ1) is 11.8. The molecule has 130 valence electrons. The fourth-order valence-corrected chi connectivity index (χ4v) is 1.93. The van der Waals surface area contributed by atoms with Crippen LogP contribution in [0, 0.1) is 12.3 Å². The fraction of sp³-hybridized carbons (Fsp3) is 0.176. The molecule has 8 heteroatoms. The average molecular weight is 349 g/mol. The minimum Gasteiger partial charge on any atom is -0.439 e. The largest absolute Gasteiger partial charge is 0.439 e. The second kappa shape index (κ2) is 7.68. The number of amides is 1. The molecule has 2 rings (SSSR count). The molecule has 2 aromatic rings. The summed E-state index contributed by atoms with van der Waals surface area (Å²) in [6.07, 6.45) is 0.439. The highest BCUT2D eigenvalue weighted by Crippen LogP contribution is 2.31. The molecule has 0 aliphatic carbocycles. The van der Waals surface area contributed by atoms with Crippen LogP contribution in [0.1, 0.15) is 21.6 Å². The molecule has 0 fully saturated rings. The van der Waals surface area contributed by atoms with Crippen LogP contribution < -0.4 is 15.8 Å². The van der Waals surface area contributed by atoms with E-state index in [1.807, 2.05) is 0 Å². The van der Waals surface area contributed by atoms with Crippen molar-refractivity contribution in [3.8, 4) is 24.0 Å². The molecule has 5 nitrogen and oxygen atoms in total. The van der Waals surface area contributed by atoms with E-state index in [0.29, 0.717) is 0 Å². The van der Waals surface area contributed by atoms with E-state index in [9.17, 15) is 18.0 Å². The number of aromatic nitrogens is 1. The topological polar surface area (TPSA) is 77.2 Å². The molecule has 3 N–H and O–H groups in total. The zero-order valence-corrected chi connectivity index (χ0v) is 12.9. The maximum absolute atomic E-state index is 12.9. The summed E-state index contributed by atoms with van der Waals surface area (Å²) >= 11 is 0. The number of alkyl halides is 3. The van der Waals surface area contributed by atoms with E-state index < -0.39 is 17.8 Å². The van der Waals surface area contributed by atoms with Gasteiger partial charge in [0.05, 0.1) is 6.54 Å². The second-order valence-electron chi connectivity index (χ2n) is 4.92. The molecule has 0 saturated carbocycles. The van der Waals surface area contributed by atoms with Crippen LogP contribution in [-0.4, -0.2) is 17.4 Å². The lowest BCUT2D eigenvalue weighted by Crippen LogP contribution is -2.23. The third-order valence-corrected chi connectivity index (χ3v) is 3.06. The molecule has 1 aromatic heterocycles. The van der Waals surface area contributed by atoms with Crippen LogP contribution in [0.2, 0.25) is 0 Å². The maximum atomic E-state index is 12.9. The van der Waals surface area contributed by atoms with E-state index in [0.717, 1.165) is 6.07 Å². The summed E-state index contributed by atoms with van der Waals surface area (Å²) in [6.45, 7) is -0.0462. The Morgan fingerprint density at radius 2 is 2.08 bits per heavy atom. The standard InChI is InChI=1S/C17H14F3N3O2/c1-2-6-22-16(24)12-4-3-5-13(9-12)25-15-8-11(10-21)7-14(23-15)17(18,19)20/h1,3-5,7-9H,6,10,21H2,(H,22,24). The van der Waals surface area contributed by atoms with Crippen LogP contribution in [0.5, 0.6) is 11.6 Å². The second-order valence-corrected chi connectivity index (χ2v) is 4.92. The van der Waals surface area contributed by atoms with Crippen LogP contribution in [0.3, 0.4) is 0 Å². The molecule has 25 heavy (non-hydrogen) atoms. The molecule has 0 saturated heterocycles. The highest BCUT2D eigenvalue weighted by molar-refractivity contribution is 5.94. The minimum atomic E-state index is -4.62. The van der Waals surface area contributed by atoms with Gasteiger partial charge in [-0.25, -0.2) is 4.98 Å². The summed E-state index contributed by atoms with van der Waals surface area (Å²) in [5.41, 5.74) is 4.78. The first kappa shape index (κ1) is 18.3. The van der Waals surface area contributed by atoms with Gasteiger partial charge in [0.2, 0.25) is 5.88 Å². The molecule has 0 atom stereocenters. The first-order valence-corrected chi connectivity index (χ1v) is 7.11. The quantitative estimate of drug-likeness (QED) is 0.814. The molecule has 1 heterocycles. The molecule has 1 amide bonds. The molecule has 0 aliphatic rings. The Labute approximate surface area is 142 Å². The molecular weight excluding hydrogens is 335 g/mol. The highest BCUT2D eigenvalue weighted by atomic mass is 19.4. The van der Waals surface area contributed by atoms with Gasteiger partial charge in [-0.05, 0) is 29.8 Å². The first-order valence-electron chi connectivity index (χ1n) is 7.11. The third-order valence-electron chi connectivity index (χ3n) is 3.06. The van der Waals surface area contributed by atoms with Gasteiger partial charge in [-0.1, -0.05) is 12.0 Å². The van der Waals surface area contributed by atoms with Gasteiger partial charge in [-0.15, -0.1) is 6.42 Å². The van der Waals surface area contributed by atoms with Gasteiger partial charge >= 0.3 is 6.18 Å². The summed E-state index contributed by atoms with van der Waals surface area (Å²) in [7, 11) is 0. The molecule has 0 unspecified atom stereocenters. The summed E-state index contributed by atoms with van der Waals surface area (Å²) in [5, 5.41) is 2.48. The monoisotopic (exact) mass is 349 g/mol. The van der Waals surface area contributed by atoms with E-state index in [2.05, 4.69) is 16.2 Å². The van der Waals surface area contributed by atoms with E-state index >= 15 is 0 Å². The van der Waals surface area contributed by atoms with Crippen LogP contribution in [0.4, 0.5) is 13.2 Å². The Morgan fingerprint density at radius 1 is 1.32 bits per heavy atom. The number of carbonyl (C=O) groups is 1. The fourth-order valence-electron chi connectivity index (χ4n) is 1.93. The summed E-state index contributed by atoms with van der Waals surface area (Å²) in [4.78, 5) is 15.3. The number of carbonyl (C=O) groups excluding carboxylic acids is 1. The minimum absolute atomic E-state index is 0.0545. The van der Waals surface area contributed by atoms with Crippen molar-refractivity contribution in [3.63, 3.8) is 0 Å². The van der Waals surface area contributed by atoms with E-state index in [1.54, 1.807) is 0 Å².